The maximum Gasteiger partial charge on any atom is 0.251 e. The van der Waals surface area contributed by atoms with Gasteiger partial charge in [-0.25, -0.2) is 4.39 Å². The smallest absolute Gasteiger partial charge is 0.251 e. The molecule has 0 saturated heterocycles. The molecule has 0 bridgehead atoms. The summed E-state index contributed by atoms with van der Waals surface area (Å²) in [6.07, 6.45) is 0.759. The third-order valence-corrected chi connectivity index (χ3v) is 6.56. The third-order valence-electron chi connectivity index (χ3n) is 5.43. The number of aryl methyl sites for hydroxylation is 1. The monoisotopic (exact) mass is 445 g/mol. The number of hydrogen-bond donors (Lipinski definition) is 1. The Morgan fingerprint density at radius 3 is 2.34 bits per heavy atom. The summed E-state index contributed by atoms with van der Waals surface area (Å²) in [4.78, 5) is 13.8. The topological polar surface area (TPSA) is 68.0 Å². The molecule has 1 atom stereocenters. The van der Waals surface area contributed by atoms with Crippen LogP contribution < -0.4 is 5.32 Å². The fourth-order valence-electron chi connectivity index (χ4n) is 3.67. The van der Waals surface area contributed by atoms with Gasteiger partial charge in [-0.15, -0.1) is 22.0 Å². The van der Waals surface area contributed by atoms with Crippen LogP contribution in [0, 0.1) is 12.7 Å². The van der Waals surface area contributed by atoms with E-state index >= 15 is 0 Å². The van der Waals surface area contributed by atoms with Crippen LogP contribution in [0.1, 0.15) is 33.9 Å². The number of nitrogens with zero attached hydrogens (tertiary/aromatic N) is 2. The zero-order valence-electron chi connectivity index (χ0n) is 17.3. The maximum absolute atomic E-state index is 13.7. The summed E-state index contributed by atoms with van der Waals surface area (Å²) in [5, 5.41) is 11.3. The predicted octanol–water partition coefficient (Wildman–Crippen LogP) is 5.82. The highest BCUT2D eigenvalue weighted by molar-refractivity contribution is 7.99. The zero-order valence-corrected chi connectivity index (χ0v) is 18.2. The van der Waals surface area contributed by atoms with Crippen LogP contribution in [-0.4, -0.2) is 21.9 Å². The van der Waals surface area contributed by atoms with E-state index in [1.807, 2.05) is 31.2 Å². The summed E-state index contributed by atoms with van der Waals surface area (Å²) >= 11 is 1.68. The van der Waals surface area contributed by atoms with Crippen LogP contribution in [0.5, 0.6) is 0 Å². The number of carbonyl (C=O) groups excluding carboxylic acids is 1. The molecule has 1 N–H and O–H groups in total. The Morgan fingerprint density at radius 2 is 1.66 bits per heavy atom. The van der Waals surface area contributed by atoms with E-state index < -0.39 is 0 Å². The number of thioether (sulfide) groups is 1. The molecule has 0 aliphatic carbocycles. The van der Waals surface area contributed by atoms with Crippen LogP contribution in [0.4, 0.5) is 4.39 Å². The summed E-state index contributed by atoms with van der Waals surface area (Å²) < 4.78 is 19.5. The van der Waals surface area contributed by atoms with Gasteiger partial charge < -0.3 is 9.73 Å². The number of benzene rings is 3. The van der Waals surface area contributed by atoms with Gasteiger partial charge in [0.2, 0.25) is 11.8 Å². The average molecular weight is 446 g/mol. The molecule has 160 valence electrons. The molecule has 7 heteroatoms. The Kier molecular flexibility index (Phi) is 5.49. The predicted molar refractivity (Wildman–Crippen MR) is 122 cm³/mol. The minimum Gasteiger partial charge on any atom is -0.416 e. The molecule has 5 nitrogen and oxygen atoms in total. The van der Waals surface area contributed by atoms with Gasteiger partial charge in [0.15, 0.2) is 0 Å². The SMILES string of the molecule is Cc1ccc(-c2nnc(-c3ccc(C(=O)N[C@@H]4CCSc5ccc(F)cc54)cc3)o2)cc1. The van der Waals surface area contributed by atoms with Crippen molar-refractivity contribution >= 4 is 17.7 Å². The van der Waals surface area contributed by atoms with Crippen LogP contribution in [0.25, 0.3) is 22.9 Å². The van der Waals surface area contributed by atoms with E-state index in [0.717, 1.165) is 39.3 Å². The van der Waals surface area contributed by atoms with Crippen LogP contribution in [0.3, 0.4) is 0 Å². The Bertz CT molecular complexity index is 1270. The Labute approximate surface area is 189 Å². The van der Waals surface area contributed by atoms with Gasteiger partial charge in [-0.2, -0.15) is 0 Å². The fourth-order valence-corrected chi connectivity index (χ4v) is 4.78. The highest BCUT2D eigenvalue weighted by Crippen LogP contribution is 2.36. The number of rotatable bonds is 4. The minimum atomic E-state index is -0.292. The van der Waals surface area contributed by atoms with Gasteiger partial charge in [-0.3, -0.25) is 4.79 Å². The van der Waals surface area contributed by atoms with Crippen molar-refractivity contribution in [3.05, 3.63) is 89.2 Å². The quantitative estimate of drug-likeness (QED) is 0.429. The molecule has 2 heterocycles. The number of fused-ring (bicyclic) bond motifs is 1. The molecule has 0 spiro atoms. The first kappa shape index (κ1) is 20.5. The molecular weight excluding hydrogens is 425 g/mol. The molecule has 4 aromatic rings. The molecule has 32 heavy (non-hydrogen) atoms. The summed E-state index contributed by atoms with van der Waals surface area (Å²) in [6, 6.07) is 19.4. The molecule has 0 unspecified atom stereocenters. The highest BCUT2D eigenvalue weighted by atomic mass is 32.2. The molecule has 0 radical (unpaired) electrons. The summed E-state index contributed by atoms with van der Waals surface area (Å²) in [5.74, 6) is 1.22. The van der Waals surface area contributed by atoms with Gasteiger partial charge >= 0.3 is 0 Å². The van der Waals surface area contributed by atoms with E-state index in [2.05, 4.69) is 15.5 Å². The molecule has 5 rings (SSSR count). The zero-order chi connectivity index (χ0) is 22.1. The van der Waals surface area contributed by atoms with E-state index in [1.54, 1.807) is 42.1 Å². The van der Waals surface area contributed by atoms with Crippen molar-refractivity contribution in [3.8, 4) is 22.9 Å². The largest absolute Gasteiger partial charge is 0.416 e. The molecule has 0 fully saturated rings. The highest BCUT2D eigenvalue weighted by Gasteiger charge is 2.23. The number of carbonyl (C=O) groups is 1. The van der Waals surface area contributed by atoms with Crippen molar-refractivity contribution < 1.29 is 13.6 Å². The van der Waals surface area contributed by atoms with Crippen LogP contribution >= 0.6 is 11.8 Å². The standard InChI is InChI=1S/C25H20FN3O2S/c1-15-2-4-17(5-3-15)24-28-29-25(31-24)18-8-6-16(7-9-18)23(30)27-21-12-13-32-22-11-10-19(26)14-20(21)22/h2-11,14,21H,12-13H2,1H3,(H,27,30)/t21-/m1/s1. The first-order valence-corrected chi connectivity index (χ1v) is 11.3. The lowest BCUT2D eigenvalue weighted by molar-refractivity contribution is 0.0935. The van der Waals surface area contributed by atoms with E-state index in [4.69, 9.17) is 4.42 Å². The number of hydrogen-bond acceptors (Lipinski definition) is 5. The second-order valence-corrected chi connectivity index (χ2v) is 8.84. The minimum absolute atomic E-state index is 0.200. The lowest BCUT2D eigenvalue weighted by Crippen LogP contribution is -2.30. The van der Waals surface area contributed by atoms with E-state index in [9.17, 15) is 9.18 Å². The first-order valence-electron chi connectivity index (χ1n) is 10.3. The maximum atomic E-state index is 13.7. The van der Waals surface area contributed by atoms with Crippen molar-refractivity contribution in [1.29, 1.82) is 0 Å². The number of aromatic nitrogens is 2. The van der Waals surface area contributed by atoms with Crippen molar-refractivity contribution in [2.75, 3.05) is 5.75 Å². The third kappa shape index (κ3) is 4.16. The second kappa shape index (κ2) is 8.59. The number of amides is 1. The number of halogens is 1. The summed E-state index contributed by atoms with van der Waals surface area (Å²) in [6.45, 7) is 2.02. The van der Waals surface area contributed by atoms with Gasteiger partial charge in [0.1, 0.15) is 5.82 Å². The Morgan fingerprint density at radius 1 is 1.00 bits per heavy atom. The van der Waals surface area contributed by atoms with Crippen LogP contribution in [0.15, 0.2) is 76.0 Å². The van der Waals surface area contributed by atoms with E-state index in [-0.39, 0.29) is 17.8 Å². The van der Waals surface area contributed by atoms with Gasteiger partial charge in [-0.1, -0.05) is 17.7 Å². The normalized spacial score (nSPS) is 15.2. The molecular formula is C25H20FN3O2S. The first-order chi connectivity index (χ1) is 15.6. The van der Waals surface area contributed by atoms with Gasteiger partial charge in [0, 0.05) is 27.3 Å². The van der Waals surface area contributed by atoms with E-state index in [0.29, 0.717) is 17.3 Å². The van der Waals surface area contributed by atoms with Crippen molar-refractivity contribution in [2.45, 2.75) is 24.3 Å². The van der Waals surface area contributed by atoms with E-state index in [1.165, 1.54) is 12.1 Å². The molecule has 0 saturated carbocycles. The lowest BCUT2D eigenvalue weighted by Gasteiger charge is -2.26. The number of nitrogens with one attached hydrogen (secondary N) is 1. The molecule has 1 aliphatic rings. The summed E-state index contributed by atoms with van der Waals surface area (Å²) in [7, 11) is 0. The van der Waals surface area contributed by atoms with Gasteiger partial charge in [0.05, 0.1) is 6.04 Å². The molecule has 3 aromatic carbocycles. The van der Waals surface area contributed by atoms with Crippen LogP contribution in [-0.2, 0) is 0 Å². The Balaban J connectivity index is 1.31. The molecule has 1 aromatic heterocycles. The second-order valence-electron chi connectivity index (χ2n) is 7.70. The average Bonchev–Trinajstić information content (AvgIpc) is 3.30. The lowest BCUT2D eigenvalue weighted by atomic mass is 10.0. The van der Waals surface area contributed by atoms with Gasteiger partial charge in [0.25, 0.3) is 5.91 Å². The van der Waals surface area contributed by atoms with Crippen molar-refractivity contribution in [1.82, 2.24) is 15.5 Å². The van der Waals surface area contributed by atoms with Crippen molar-refractivity contribution in [2.24, 2.45) is 0 Å². The van der Waals surface area contributed by atoms with Crippen LogP contribution in [0.2, 0.25) is 0 Å². The van der Waals surface area contributed by atoms with Gasteiger partial charge in [-0.05, 0) is 73.5 Å². The molecule has 1 amide bonds. The Hall–Kier alpha value is -3.45. The summed E-state index contributed by atoms with van der Waals surface area (Å²) in [5.41, 5.74) is 4.09. The molecule has 1 aliphatic heterocycles. The fraction of sp³-hybridized carbons (Fsp3) is 0.160. The van der Waals surface area contributed by atoms with Crippen molar-refractivity contribution in [3.63, 3.8) is 0 Å².